The summed E-state index contributed by atoms with van der Waals surface area (Å²) >= 11 is 0. The largest absolute Gasteiger partial charge is 0.302 e. The Morgan fingerprint density at radius 3 is 2.65 bits per heavy atom. The van der Waals surface area contributed by atoms with Crippen molar-refractivity contribution in [2.75, 3.05) is 32.7 Å². The Labute approximate surface area is 141 Å². The molecule has 1 aromatic rings. The van der Waals surface area contributed by atoms with Gasteiger partial charge in [0.2, 0.25) is 0 Å². The van der Waals surface area contributed by atoms with Gasteiger partial charge in [-0.3, -0.25) is 4.90 Å². The molecule has 2 bridgehead atoms. The van der Waals surface area contributed by atoms with E-state index in [9.17, 15) is 0 Å². The summed E-state index contributed by atoms with van der Waals surface area (Å²) in [5, 5.41) is 0. The van der Waals surface area contributed by atoms with Gasteiger partial charge in [0, 0.05) is 19.1 Å². The summed E-state index contributed by atoms with van der Waals surface area (Å²) in [6.45, 7) is 11.5. The van der Waals surface area contributed by atoms with Crippen LogP contribution in [-0.4, -0.2) is 48.6 Å². The Balaban J connectivity index is 1.49. The SMILES string of the molecule is C[C@@H]1[C@@H]2Cc3ccccc3[C@]1(C)CCN2CCN1CCCCC1. The van der Waals surface area contributed by atoms with Gasteiger partial charge < -0.3 is 4.90 Å². The lowest BCUT2D eigenvalue weighted by atomic mass is 9.59. The maximum Gasteiger partial charge on any atom is 0.0170 e. The Morgan fingerprint density at radius 2 is 1.83 bits per heavy atom. The van der Waals surface area contributed by atoms with E-state index in [0.717, 1.165) is 12.0 Å². The second-order valence-corrected chi connectivity index (χ2v) is 8.32. The van der Waals surface area contributed by atoms with Gasteiger partial charge in [0.25, 0.3) is 0 Å². The average molecular weight is 313 g/mol. The van der Waals surface area contributed by atoms with Crippen molar-refractivity contribution in [1.82, 2.24) is 9.80 Å². The van der Waals surface area contributed by atoms with Gasteiger partial charge in [-0.25, -0.2) is 0 Å². The van der Waals surface area contributed by atoms with Crippen molar-refractivity contribution < 1.29 is 0 Å². The first kappa shape index (κ1) is 15.7. The Morgan fingerprint density at radius 1 is 1.04 bits per heavy atom. The van der Waals surface area contributed by atoms with E-state index in [-0.39, 0.29) is 0 Å². The van der Waals surface area contributed by atoms with E-state index in [2.05, 4.69) is 47.9 Å². The topological polar surface area (TPSA) is 6.48 Å². The molecule has 23 heavy (non-hydrogen) atoms. The second-order valence-electron chi connectivity index (χ2n) is 8.32. The average Bonchev–Trinajstić information content (AvgIpc) is 2.58. The molecular formula is C21H32N2. The molecule has 4 rings (SSSR count). The molecule has 0 unspecified atom stereocenters. The van der Waals surface area contributed by atoms with Gasteiger partial charge in [-0.2, -0.15) is 0 Å². The zero-order valence-corrected chi connectivity index (χ0v) is 14.9. The molecule has 2 heterocycles. The number of hydrogen-bond donors (Lipinski definition) is 0. The molecule has 0 spiro atoms. The van der Waals surface area contributed by atoms with Crippen LogP contribution in [-0.2, 0) is 11.8 Å². The predicted molar refractivity (Wildman–Crippen MR) is 96.9 cm³/mol. The molecule has 0 radical (unpaired) electrons. The first-order chi connectivity index (χ1) is 11.2. The minimum absolute atomic E-state index is 0.390. The number of benzene rings is 1. The Hall–Kier alpha value is -0.860. The Bertz CT molecular complexity index is 549. The number of rotatable bonds is 3. The van der Waals surface area contributed by atoms with E-state index in [1.165, 1.54) is 64.8 Å². The lowest BCUT2D eigenvalue weighted by molar-refractivity contribution is 0.0239. The monoisotopic (exact) mass is 312 g/mol. The van der Waals surface area contributed by atoms with Crippen LogP contribution in [0.25, 0.3) is 0 Å². The van der Waals surface area contributed by atoms with Crippen molar-refractivity contribution in [3.63, 3.8) is 0 Å². The number of likely N-dealkylation sites (tertiary alicyclic amines) is 2. The molecule has 1 aliphatic carbocycles. The summed E-state index contributed by atoms with van der Waals surface area (Å²) in [5.74, 6) is 0.771. The fourth-order valence-electron chi connectivity index (χ4n) is 5.41. The lowest BCUT2D eigenvalue weighted by Crippen LogP contribution is -2.59. The molecule has 0 saturated carbocycles. The van der Waals surface area contributed by atoms with Crippen molar-refractivity contribution in [3.05, 3.63) is 35.4 Å². The van der Waals surface area contributed by atoms with Gasteiger partial charge in [-0.05, 0) is 67.8 Å². The molecule has 2 nitrogen and oxygen atoms in total. The summed E-state index contributed by atoms with van der Waals surface area (Å²) in [5.41, 5.74) is 3.64. The van der Waals surface area contributed by atoms with Crippen molar-refractivity contribution in [1.29, 1.82) is 0 Å². The van der Waals surface area contributed by atoms with Crippen LogP contribution in [0, 0.1) is 5.92 Å². The van der Waals surface area contributed by atoms with Crippen molar-refractivity contribution in [2.45, 2.75) is 57.4 Å². The summed E-state index contributed by atoms with van der Waals surface area (Å²) in [4.78, 5) is 5.51. The van der Waals surface area contributed by atoms with Crippen LogP contribution in [0.15, 0.2) is 24.3 Å². The van der Waals surface area contributed by atoms with E-state index in [1.54, 1.807) is 11.1 Å². The van der Waals surface area contributed by atoms with Gasteiger partial charge in [-0.15, -0.1) is 0 Å². The highest BCUT2D eigenvalue weighted by Gasteiger charge is 2.47. The first-order valence-electron chi connectivity index (χ1n) is 9.73. The van der Waals surface area contributed by atoms with Crippen LogP contribution < -0.4 is 0 Å². The van der Waals surface area contributed by atoms with Crippen molar-refractivity contribution in [2.24, 2.45) is 5.92 Å². The van der Waals surface area contributed by atoms with Gasteiger partial charge in [0.1, 0.15) is 0 Å². The second kappa shape index (κ2) is 6.22. The fraction of sp³-hybridized carbons (Fsp3) is 0.714. The minimum atomic E-state index is 0.390. The molecule has 3 aliphatic rings. The van der Waals surface area contributed by atoms with Crippen molar-refractivity contribution in [3.8, 4) is 0 Å². The van der Waals surface area contributed by atoms with Gasteiger partial charge in [-0.1, -0.05) is 44.5 Å². The molecule has 0 aromatic heterocycles. The van der Waals surface area contributed by atoms with E-state index in [4.69, 9.17) is 0 Å². The maximum absolute atomic E-state index is 2.82. The summed E-state index contributed by atoms with van der Waals surface area (Å²) < 4.78 is 0. The molecule has 2 aliphatic heterocycles. The van der Waals surface area contributed by atoms with Crippen LogP contribution in [0.1, 0.15) is 50.7 Å². The normalized spacial score (nSPS) is 35.0. The van der Waals surface area contributed by atoms with Crippen LogP contribution >= 0.6 is 0 Å². The highest BCUT2D eigenvalue weighted by molar-refractivity contribution is 5.39. The van der Waals surface area contributed by atoms with E-state index in [0.29, 0.717) is 5.41 Å². The third-order valence-corrected chi connectivity index (χ3v) is 7.18. The first-order valence-corrected chi connectivity index (χ1v) is 9.73. The maximum atomic E-state index is 2.82. The van der Waals surface area contributed by atoms with Gasteiger partial charge >= 0.3 is 0 Å². The van der Waals surface area contributed by atoms with E-state index < -0.39 is 0 Å². The molecule has 2 heteroatoms. The third-order valence-electron chi connectivity index (χ3n) is 7.18. The number of hydrogen-bond acceptors (Lipinski definition) is 2. The molecule has 0 amide bonds. The van der Waals surface area contributed by atoms with Crippen molar-refractivity contribution >= 4 is 0 Å². The highest BCUT2D eigenvalue weighted by atomic mass is 15.2. The molecule has 2 saturated heterocycles. The summed E-state index contributed by atoms with van der Waals surface area (Å²) in [6, 6.07) is 9.98. The van der Waals surface area contributed by atoms with Crippen LogP contribution in [0.2, 0.25) is 0 Å². The Kier molecular flexibility index (Phi) is 4.23. The molecule has 3 atom stereocenters. The summed E-state index contributed by atoms with van der Waals surface area (Å²) in [6.07, 6.45) is 6.83. The van der Waals surface area contributed by atoms with Crippen LogP contribution in [0.5, 0.6) is 0 Å². The van der Waals surface area contributed by atoms with Gasteiger partial charge in [0.15, 0.2) is 0 Å². The van der Waals surface area contributed by atoms with E-state index >= 15 is 0 Å². The number of nitrogens with zero attached hydrogens (tertiary/aromatic N) is 2. The molecule has 126 valence electrons. The van der Waals surface area contributed by atoms with E-state index in [1.807, 2.05) is 0 Å². The lowest BCUT2D eigenvalue weighted by Gasteiger charge is -2.55. The van der Waals surface area contributed by atoms with Crippen LogP contribution in [0.4, 0.5) is 0 Å². The number of fused-ring (bicyclic) bond motifs is 4. The zero-order valence-electron chi connectivity index (χ0n) is 14.9. The predicted octanol–water partition coefficient (Wildman–Crippen LogP) is 3.70. The molecule has 1 aromatic carbocycles. The molecular weight excluding hydrogens is 280 g/mol. The smallest absolute Gasteiger partial charge is 0.0170 e. The molecule has 2 fully saturated rings. The standard InChI is InChI=1S/C21H32N2/c1-17-20-16-18-8-4-5-9-19(18)21(17,2)10-13-23(20)15-14-22-11-6-3-7-12-22/h4-5,8-9,17,20H,3,6-7,10-16H2,1-2H3/t17-,20+,21-/m1/s1. The minimum Gasteiger partial charge on any atom is -0.302 e. The fourth-order valence-corrected chi connectivity index (χ4v) is 5.41. The third kappa shape index (κ3) is 2.74. The van der Waals surface area contributed by atoms with Gasteiger partial charge in [0.05, 0.1) is 0 Å². The summed E-state index contributed by atoms with van der Waals surface area (Å²) in [7, 11) is 0. The highest BCUT2D eigenvalue weighted by Crippen LogP contribution is 2.48. The van der Waals surface area contributed by atoms with Crippen LogP contribution in [0.3, 0.4) is 0 Å². The molecule has 0 N–H and O–H groups in total. The zero-order chi connectivity index (χ0) is 15.9. The number of piperidine rings is 2. The quantitative estimate of drug-likeness (QED) is 0.840.